The highest BCUT2D eigenvalue weighted by atomic mass is 35.5. The summed E-state index contributed by atoms with van der Waals surface area (Å²) in [5.41, 5.74) is 0.526. The van der Waals surface area contributed by atoms with E-state index < -0.39 is 12.5 Å². The molecule has 0 spiro atoms. The summed E-state index contributed by atoms with van der Waals surface area (Å²) in [6.07, 6.45) is 1.70. The standard InChI is InChI=1S/C22H22ClF2N7O2/c1-13-12-30(22(33)16-10-15(23)4-5-18(16)32-26-6-7-27-32)8-9-31(34-13)19-11-17(20(24)25)28-21(29-19)14-2-3-14/h4-7,10-11,13-14,20H,2-3,8-9,12H2,1H3/t13-/m0/s1. The van der Waals surface area contributed by atoms with E-state index in [-0.39, 0.29) is 43.0 Å². The van der Waals surface area contributed by atoms with Crippen molar-refractivity contribution >= 4 is 23.3 Å². The average Bonchev–Trinajstić information content (AvgIpc) is 3.58. The Morgan fingerprint density at radius 1 is 1.15 bits per heavy atom. The number of hydroxylamine groups is 1. The number of carbonyl (C=O) groups is 1. The summed E-state index contributed by atoms with van der Waals surface area (Å²) in [6, 6.07) is 6.18. The third-order valence-corrected chi connectivity index (χ3v) is 5.87. The molecular weight excluding hydrogens is 468 g/mol. The van der Waals surface area contributed by atoms with Gasteiger partial charge in [-0.25, -0.2) is 23.8 Å². The minimum atomic E-state index is -2.71. The van der Waals surface area contributed by atoms with Gasteiger partial charge in [-0.3, -0.25) is 9.63 Å². The van der Waals surface area contributed by atoms with E-state index in [0.717, 1.165) is 12.8 Å². The van der Waals surface area contributed by atoms with Gasteiger partial charge in [-0.15, -0.1) is 0 Å². The van der Waals surface area contributed by atoms with Crippen LogP contribution in [0.3, 0.4) is 0 Å². The van der Waals surface area contributed by atoms with Crippen LogP contribution in [0.25, 0.3) is 5.69 Å². The third-order valence-electron chi connectivity index (χ3n) is 5.64. The highest BCUT2D eigenvalue weighted by Crippen LogP contribution is 2.39. The van der Waals surface area contributed by atoms with Crippen LogP contribution < -0.4 is 5.06 Å². The number of alkyl halides is 2. The van der Waals surface area contributed by atoms with E-state index in [1.807, 2.05) is 6.92 Å². The molecule has 1 aromatic carbocycles. The van der Waals surface area contributed by atoms with E-state index in [2.05, 4.69) is 20.2 Å². The number of aromatic nitrogens is 5. The molecule has 2 aliphatic rings. The second-order valence-corrected chi connectivity index (χ2v) is 8.77. The van der Waals surface area contributed by atoms with Gasteiger partial charge in [0, 0.05) is 30.1 Å². The maximum atomic E-state index is 13.5. The quantitative estimate of drug-likeness (QED) is 0.538. The summed E-state index contributed by atoms with van der Waals surface area (Å²) in [7, 11) is 0. The molecule has 178 valence electrons. The van der Waals surface area contributed by atoms with Gasteiger partial charge in [0.1, 0.15) is 17.6 Å². The van der Waals surface area contributed by atoms with E-state index in [4.69, 9.17) is 16.4 Å². The predicted molar refractivity (Wildman–Crippen MR) is 119 cm³/mol. The second kappa shape index (κ2) is 9.22. The first-order chi connectivity index (χ1) is 16.4. The molecule has 3 heterocycles. The van der Waals surface area contributed by atoms with Gasteiger partial charge < -0.3 is 4.90 Å². The van der Waals surface area contributed by atoms with Gasteiger partial charge in [0.15, 0.2) is 5.82 Å². The molecule has 1 aliphatic carbocycles. The lowest BCUT2D eigenvalue weighted by atomic mass is 10.1. The van der Waals surface area contributed by atoms with Gasteiger partial charge >= 0.3 is 0 Å². The Morgan fingerprint density at radius 3 is 2.62 bits per heavy atom. The summed E-state index contributed by atoms with van der Waals surface area (Å²) in [4.78, 5) is 31.0. The zero-order chi connectivity index (χ0) is 23.8. The van der Waals surface area contributed by atoms with Crippen molar-refractivity contribution in [2.45, 2.75) is 38.2 Å². The fraction of sp³-hybridized carbons (Fsp3) is 0.409. The fourth-order valence-electron chi connectivity index (χ4n) is 3.87. The zero-order valence-electron chi connectivity index (χ0n) is 18.3. The van der Waals surface area contributed by atoms with Crippen LogP contribution in [-0.4, -0.2) is 61.5 Å². The van der Waals surface area contributed by atoms with Gasteiger partial charge in [0.05, 0.1) is 30.2 Å². The van der Waals surface area contributed by atoms with E-state index in [1.165, 1.54) is 28.3 Å². The van der Waals surface area contributed by atoms with Crippen molar-refractivity contribution in [3.63, 3.8) is 0 Å². The van der Waals surface area contributed by atoms with Crippen LogP contribution in [0, 0.1) is 0 Å². The number of hydrogen-bond donors (Lipinski definition) is 0. The minimum Gasteiger partial charge on any atom is -0.334 e. The van der Waals surface area contributed by atoms with Crippen molar-refractivity contribution in [2.75, 3.05) is 24.7 Å². The largest absolute Gasteiger partial charge is 0.334 e. The van der Waals surface area contributed by atoms with Crippen molar-refractivity contribution in [1.29, 1.82) is 0 Å². The molecule has 2 fully saturated rings. The molecule has 1 saturated heterocycles. The van der Waals surface area contributed by atoms with Crippen molar-refractivity contribution in [3.05, 3.63) is 58.8 Å². The molecule has 34 heavy (non-hydrogen) atoms. The molecule has 1 saturated carbocycles. The predicted octanol–water partition coefficient (Wildman–Crippen LogP) is 3.81. The number of carbonyl (C=O) groups excluding carboxylic acids is 1. The van der Waals surface area contributed by atoms with Gasteiger partial charge in [0.25, 0.3) is 12.3 Å². The lowest BCUT2D eigenvalue weighted by Gasteiger charge is -2.23. The van der Waals surface area contributed by atoms with Crippen molar-refractivity contribution in [1.82, 2.24) is 29.9 Å². The average molecular weight is 490 g/mol. The fourth-order valence-corrected chi connectivity index (χ4v) is 4.04. The van der Waals surface area contributed by atoms with Crippen LogP contribution in [-0.2, 0) is 4.84 Å². The molecular formula is C22H22ClF2N7O2. The van der Waals surface area contributed by atoms with Crippen molar-refractivity contribution in [3.8, 4) is 5.69 Å². The molecule has 1 amide bonds. The smallest absolute Gasteiger partial charge is 0.280 e. The lowest BCUT2D eigenvalue weighted by molar-refractivity contribution is 0.0421. The Kier molecular flexibility index (Phi) is 6.13. The number of halogens is 3. The summed E-state index contributed by atoms with van der Waals surface area (Å²) < 4.78 is 26.9. The van der Waals surface area contributed by atoms with E-state index in [9.17, 15) is 13.6 Å². The van der Waals surface area contributed by atoms with E-state index in [1.54, 1.807) is 23.1 Å². The monoisotopic (exact) mass is 489 g/mol. The molecule has 0 unspecified atom stereocenters. The Balaban J connectivity index is 1.40. The second-order valence-electron chi connectivity index (χ2n) is 8.33. The number of benzene rings is 1. The van der Waals surface area contributed by atoms with Crippen LogP contribution in [0.5, 0.6) is 0 Å². The minimum absolute atomic E-state index is 0.108. The van der Waals surface area contributed by atoms with Crippen molar-refractivity contribution in [2.24, 2.45) is 0 Å². The molecule has 5 rings (SSSR count). The van der Waals surface area contributed by atoms with Crippen LogP contribution >= 0.6 is 11.6 Å². The van der Waals surface area contributed by atoms with Crippen LogP contribution in [0.2, 0.25) is 5.02 Å². The Labute approximate surface area is 199 Å². The molecule has 2 aromatic heterocycles. The first kappa shape index (κ1) is 22.6. The SMILES string of the molecule is C[C@H]1CN(C(=O)c2cc(Cl)ccc2-n2nccn2)CCN(c2cc(C(F)F)nc(C3CC3)n2)O1. The van der Waals surface area contributed by atoms with Gasteiger partial charge in [-0.05, 0) is 38.0 Å². The summed E-state index contributed by atoms with van der Waals surface area (Å²) in [5, 5.41) is 10.1. The Morgan fingerprint density at radius 2 is 1.91 bits per heavy atom. The molecule has 12 heteroatoms. The lowest BCUT2D eigenvalue weighted by Crippen LogP contribution is -2.37. The van der Waals surface area contributed by atoms with Crippen LogP contribution in [0.15, 0.2) is 36.7 Å². The number of rotatable bonds is 5. The summed E-state index contributed by atoms with van der Waals surface area (Å²) in [5.74, 6) is 0.535. The van der Waals surface area contributed by atoms with Gasteiger partial charge in [-0.1, -0.05) is 11.6 Å². The maximum absolute atomic E-state index is 13.5. The highest BCUT2D eigenvalue weighted by Gasteiger charge is 2.31. The number of hydrogen-bond acceptors (Lipinski definition) is 7. The Bertz CT molecular complexity index is 1170. The number of nitrogens with zero attached hydrogens (tertiary/aromatic N) is 7. The maximum Gasteiger partial charge on any atom is 0.280 e. The molecule has 0 bridgehead atoms. The topological polar surface area (TPSA) is 89.3 Å². The van der Waals surface area contributed by atoms with E-state index >= 15 is 0 Å². The van der Waals surface area contributed by atoms with Crippen molar-refractivity contribution < 1.29 is 18.4 Å². The van der Waals surface area contributed by atoms with E-state index in [0.29, 0.717) is 22.1 Å². The number of amides is 1. The molecule has 9 nitrogen and oxygen atoms in total. The van der Waals surface area contributed by atoms with Crippen LogP contribution in [0.4, 0.5) is 14.6 Å². The van der Waals surface area contributed by atoms with Gasteiger partial charge in [-0.2, -0.15) is 15.0 Å². The molecule has 3 aromatic rings. The molecule has 1 atom stereocenters. The van der Waals surface area contributed by atoms with Crippen LogP contribution in [0.1, 0.15) is 54.0 Å². The zero-order valence-corrected chi connectivity index (χ0v) is 19.1. The summed E-state index contributed by atoms with van der Waals surface area (Å²) in [6.45, 7) is 2.63. The number of anilines is 1. The Hall–Kier alpha value is -3.18. The normalized spacial score (nSPS) is 18.9. The van der Waals surface area contributed by atoms with Gasteiger partial charge in [0.2, 0.25) is 0 Å². The molecule has 0 N–H and O–H groups in total. The first-order valence-corrected chi connectivity index (χ1v) is 11.3. The highest BCUT2D eigenvalue weighted by molar-refractivity contribution is 6.31. The molecule has 0 radical (unpaired) electrons. The molecule has 1 aliphatic heterocycles. The first-order valence-electron chi connectivity index (χ1n) is 11.0. The third kappa shape index (κ3) is 4.71. The summed E-state index contributed by atoms with van der Waals surface area (Å²) >= 11 is 6.18.